The summed E-state index contributed by atoms with van der Waals surface area (Å²) in [5, 5.41) is 0. The fourth-order valence-electron chi connectivity index (χ4n) is 0. The predicted molar refractivity (Wildman–Crippen MR) is 49.9 cm³/mol. The summed E-state index contributed by atoms with van der Waals surface area (Å²) in [4.78, 5) is 0. The predicted octanol–water partition coefficient (Wildman–Crippen LogP) is 4.35. The highest BCUT2D eigenvalue weighted by Gasteiger charge is 1.80. The summed E-state index contributed by atoms with van der Waals surface area (Å²) >= 11 is 0. The molecule has 0 spiro atoms. The zero-order valence-corrected chi connectivity index (χ0v) is 6.28. The van der Waals surface area contributed by atoms with E-state index >= 15 is 0 Å². The molecule has 0 unspecified atom stereocenters. The maximum absolute atomic E-state index is 2.22. The monoisotopic (exact) mass is 134 g/mol. The molecule has 0 heterocycles. The van der Waals surface area contributed by atoms with Crippen LogP contribution >= 0.6 is 0 Å². The average Bonchev–Trinajstić information content (AvgIpc) is 1.73. The van der Waals surface area contributed by atoms with Crippen molar-refractivity contribution >= 4 is 0 Å². The molecule has 0 aromatic rings. The van der Waals surface area contributed by atoms with Gasteiger partial charge in [0.2, 0.25) is 0 Å². The summed E-state index contributed by atoms with van der Waals surface area (Å²) in [6, 6.07) is 0. The molecule has 0 saturated carbocycles. The molecule has 62 valence electrons. The highest BCUT2D eigenvalue weighted by atomic mass is 13.9. The van der Waals surface area contributed by atoms with Gasteiger partial charge in [-0.1, -0.05) is 55.9 Å². The molecule has 0 radical (unpaired) electrons. The van der Waals surface area contributed by atoms with Crippen LogP contribution in [0.3, 0.4) is 0 Å². The lowest BCUT2D eigenvalue weighted by atomic mass is 10.2. The third-order valence-corrected chi connectivity index (χ3v) is 0.816. The summed E-state index contributed by atoms with van der Waals surface area (Å²) in [6.07, 6.45) is 1.31. The molecule has 0 aliphatic carbocycles. The van der Waals surface area contributed by atoms with E-state index in [1.54, 1.807) is 0 Å². The van der Waals surface area contributed by atoms with E-state index < -0.39 is 0 Å². The lowest BCUT2D eigenvalue weighted by Gasteiger charge is -1.90. The van der Waals surface area contributed by atoms with Crippen molar-refractivity contribution in [1.82, 2.24) is 0 Å². The first kappa shape index (κ1) is 23.0. The Kier molecular flexibility index (Phi) is 62.7. The minimum atomic E-state index is 0. The second-order valence-corrected chi connectivity index (χ2v) is 1.80. The molecule has 0 bridgehead atoms. The van der Waals surface area contributed by atoms with Crippen molar-refractivity contribution in [2.24, 2.45) is 5.92 Å². The lowest BCUT2D eigenvalue weighted by Crippen LogP contribution is -1.77. The van der Waals surface area contributed by atoms with Crippen LogP contribution in [0.4, 0.5) is 0 Å². The van der Waals surface area contributed by atoms with E-state index in [4.69, 9.17) is 0 Å². The van der Waals surface area contributed by atoms with Crippen LogP contribution in [-0.2, 0) is 0 Å². The van der Waals surface area contributed by atoms with Gasteiger partial charge in [-0.15, -0.1) is 0 Å². The maximum atomic E-state index is 2.22. The molecule has 0 aliphatic rings. The minimum Gasteiger partial charge on any atom is -0.0776 e. The van der Waals surface area contributed by atoms with E-state index in [1.807, 2.05) is 13.8 Å². The molecule has 0 aliphatic heterocycles. The molecule has 0 heteroatoms. The van der Waals surface area contributed by atoms with Gasteiger partial charge in [-0.3, -0.25) is 0 Å². The van der Waals surface area contributed by atoms with E-state index in [2.05, 4.69) is 20.8 Å². The maximum Gasteiger partial charge on any atom is -0.0474 e. The molecule has 0 saturated heterocycles. The van der Waals surface area contributed by atoms with Gasteiger partial charge >= 0.3 is 0 Å². The largest absolute Gasteiger partial charge is 0.0776 e. The van der Waals surface area contributed by atoms with Crippen LogP contribution in [0.5, 0.6) is 0 Å². The van der Waals surface area contributed by atoms with Gasteiger partial charge in [0.1, 0.15) is 0 Å². The SMILES string of the molecule is C.C.CC.CCC(C)C. The van der Waals surface area contributed by atoms with Gasteiger partial charge in [0.15, 0.2) is 0 Å². The molecule has 0 fully saturated rings. The van der Waals surface area contributed by atoms with Crippen LogP contribution in [0, 0.1) is 5.92 Å². The van der Waals surface area contributed by atoms with E-state index in [-0.39, 0.29) is 14.9 Å². The molecule has 0 amide bonds. The number of hydrogen-bond acceptors (Lipinski definition) is 0. The first-order valence-electron chi connectivity index (χ1n) is 3.27. The summed E-state index contributed by atoms with van der Waals surface area (Å²) in [7, 11) is 0. The van der Waals surface area contributed by atoms with E-state index in [1.165, 1.54) is 6.42 Å². The Labute approximate surface area is 62.7 Å². The Morgan fingerprint density at radius 2 is 1.11 bits per heavy atom. The van der Waals surface area contributed by atoms with Gasteiger partial charge in [0.05, 0.1) is 0 Å². The highest BCUT2D eigenvalue weighted by Crippen LogP contribution is 1.93. The molecule has 0 aromatic heterocycles. The van der Waals surface area contributed by atoms with E-state index in [0.29, 0.717) is 0 Å². The number of rotatable bonds is 1. The normalized spacial score (nSPS) is 6.00. The third kappa shape index (κ3) is 72.0. The van der Waals surface area contributed by atoms with Gasteiger partial charge < -0.3 is 0 Å². The fraction of sp³-hybridized carbons (Fsp3) is 1.00. The summed E-state index contributed by atoms with van der Waals surface area (Å²) in [5.74, 6) is 0.884. The van der Waals surface area contributed by atoms with Crippen molar-refractivity contribution in [2.75, 3.05) is 0 Å². The van der Waals surface area contributed by atoms with Crippen LogP contribution in [0.15, 0.2) is 0 Å². The van der Waals surface area contributed by atoms with Crippen molar-refractivity contribution in [3.05, 3.63) is 0 Å². The Morgan fingerprint density at radius 1 is 1.00 bits per heavy atom. The van der Waals surface area contributed by atoms with Crippen LogP contribution in [0.1, 0.15) is 55.9 Å². The molecule has 0 aromatic carbocycles. The Hall–Kier alpha value is 0. The minimum absolute atomic E-state index is 0. The zero-order valence-electron chi connectivity index (χ0n) is 6.28. The quantitative estimate of drug-likeness (QED) is 0.500. The fourth-order valence-corrected chi connectivity index (χ4v) is 0. The van der Waals surface area contributed by atoms with Gasteiger partial charge in [-0.25, -0.2) is 0 Å². The van der Waals surface area contributed by atoms with Crippen molar-refractivity contribution in [3.63, 3.8) is 0 Å². The Bertz CT molecular complexity index is 14.0. The first-order valence-corrected chi connectivity index (χ1v) is 3.27. The van der Waals surface area contributed by atoms with Gasteiger partial charge in [0.25, 0.3) is 0 Å². The lowest BCUT2D eigenvalue weighted by molar-refractivity contribution is 0.626. The topological polar surface area (TPSA) is 0 Å². The van der Waals surface area contributed by atoms with Crippen LogP contribution in [0.2, 0.25) is 0 Å². The third-order valence-electron chi connectivity index (χ3n) is 0.816. The van der Waals surface area contributed by atoms with Gasteiger partial charge in [-0.2, -0.15) is 0 Å². The molecular weight excluding hydrogens is 108 g/mol. The van der Waals surface area contributed by atoms with Crippen LogP contribution in [0.25, 0.3) is 0 Å². The summed E-state index contributed by atoms with van der Waals surface area (Å²) in [6.45, 7) is 10.6. The van der Waals surface area contributed by atoms with Crippen LogP contribution < -0.4 is 0 Å². The van der Waals surface area contributed by atoms with Gasteiger partial charge in [0, 0.05) is 0 Å². The molecule has 0 N–H and O–H groups in total. The second-order valence-electron chi connectivity index (χ2n) is 1.80. The molecule has 0 atom stereocenters. The molecular formula is C9H26. The van der Waals surface area contributed by atoms with Crippen molar-refractivity contribution in [2.45, 2.75) is 55.9 Å². The Balaban J connectivity index is -0.0000000286. The zero-order chi connectivity index (χ0) is 6.28. The molecule has 9 heavy (non-hydrogen) atoms. The van der Waals surface area contributed by atoms with Crippen molar-refractivity contribution in [3.8, 4) is 0 Å². The smallest absolute Gasteiger partial charge is 0.0474 e. The van der Waals surface area contributed by atoms with Crippen molar-refractivity contribution < 1.29 is 0 Å². The number of hydrogen-bond donors (Lipinski definition) is 0. The summed E-state index contributed by atoms with van der Waals surface area (Å²) in [5.41, 5.74) is 0. The Morgan fingerprint density at radius 3 is 1.11 bits per heavy atom. The van der Waals surface area contributed by atoms with Crippen molar-refractivity contribution in [1.29, 1.82) is 0 Å². The highest BCUT2D eigenvalue weighted by molar-refractivity contribution is 4.32. The average molecular weight is 134 g/mol. The van der Waals surface area contributed by atoms with Gasteiger partial charge in [-0.05, 0) is 5.92 Å². The van der Waals surface area contributed by atoms with E-state index in [9.17, 15) is 0 Å². The molecule has 0 rings (SSSR count). The summed E-state index contributed by atoms with van der Waals surface area (Å²) < 4.78 is 0. The van der Waals surface area contributed by atoms with Crippen LogP contribution in [-0.4, -0.2) is 0 Å². The second kappa shape index (κ2) is 24.5. The standard InChI is InChI=1S/C5H12.C2H6.2CH4/c1-4-5(2)3;1-2;;/h5H,4H2,1-3H3;1-2H3;2*1H4. The first-order chi connectivity index (χ1) is 3.27. The molecule has 0 nitrogen and oxygen atoms in total. The van der Waals surface area contributed by atoms with E-state index in [0.717, 1.165) is 5.92 Å².